The van der Waals surface area contributed by atoms with E-state index >= 15 is 0 Å². The van der Waals surface area contributed by atoms with Crippen molar-refractivity contribution >= 4 is 0 Å². The van der Waals surface area contributed by atoms with Crippen LogP contribution in [0.1, 0.15) is 59.8 Å². The van der Waals surface area contributed by atoms with Gasteiger partial charge < -0.3 is 10.2 Å². The Morgan fingerprint density at radius 1 is 1.12 bits per heavy atom. The Morgan fingerprint density at radius 2 is 1.76 bits per heavy atom. The second-order valence-electron chi connectivity index (χ2n) is 7.17. The molecule has 0 aromatic carbocycles. The summed E-state index contributed by atoms with van der Waals surface area (Å²) in [5, 5.41) is 21.4. The molecule has 2 fully saturated rings. The van der Waals surface area contributed by atoms with Gasteiger partial charge in [0.1, 0.15) is 0 Å². The minimum Gasteiger partial charge on any atom is -0.365 e. The van der Waals surface area contributed by atoms with Crippen molar-refractivity contribution < 1.29 is 10.2 Å². The van der Waals surface area contributed by atoms with E-state index in [2.05, 4.69) is 27.7 Å². The maximum absolute atomic E-state index is 10.7. The molecule has 0 bridgehead atoms. The highest BCUT2D eigenvalue weighted by atomic mass is 16.5. The van der Waals surface area contributed by atoms with E-state index in [1.807, 2.05) is 0 Å². The number of fused-ring (bicyclic) bond motifs is 1. The van der Waals surface area contributed by atoms with Gasteiger partial charge in [0.15, 0.2) is 5.79 Å². The smallest absolute Gasteiger partial charge is 0.169 e. The Balaban J connectivity index is 2.32. The van der Waals surface area contributed by atoms with Crippen LogP contribution < -0.4 is 0 Å². The zero-order valence-electron chi connectivity index (χ0n) is 11.7. The first-order valence-corrected chi connectivity index (χ1v) is 7.24. The first-order valence-electron chi connectivity index (χ1n) is 7.24. The number of rotatable bonds is 1. The van der Waals surface area contributed by atoms with E-state index in [0.717, 1.165) is 25.7 Å². The van der Waals surface area contributed by atoms with E-state index in [9.17, 15) is 10.2 Å². The summed E-state index contributed by atoms with van der Waals surface area (Å²) in [6, 6.07) is 0. The zero-order valence-corrected chi connectivity index (χ0v) is 11.7. The molecule has 2 nitrogen and oxygen atoms in total. The third-order valence-electron chi connectivity index (χ3n) is 5.56. The summed E-state index contributed by atoms with van der Waals surface area (Å²) in [6.45, 7) is 8.70. The number of hydrogen-bond acceptors (Lipinski definition) is 2. The second kappa shape index (κ2) is 4.24. The minimum absolute atomic E-state index is 0.0427. The maximum atomic E-state index is 10.7. The summed E-state index contributed by atoms with van der Waals surface area (Å²) in [4.78, 5) is 0. The van der Waals surface area contributed by atoms with Crippen molar-refractivity contribution in [2.24, 2.45) is 29.1 Å². The van der Waals surface area contributed by atoms with E-state index in [1.54, 1.807) is 0 Å². The zero-order chi connectivity index (χ0) is 12.8. The van der Waals surface area contributed by atoms with Crippen molar-refractivity contribution in [3.63, 3.8) is 0 Å². The molecule has 2 aliphatic carbocycles. The average molecular weight is 240 g/mol. The van der Waals surface area contributed by atoms with Crippen LogP contribution in [0.15, 0.2) is 0 Å². The third kappa shape index (κ3) is 2.04. The van der Waals surface area contributed by atoms with Gasteiger partial charge in [-0.2, -0.15) is 0 Å². The highest BCUT2D eigenvalue weighted by molar-refractivity contribution is 5.03. The highest BCUT2D eigenvalue weighted by Gasteiger charge is 2.57. The van der Waals surface area contributed by atoms with Gasteiger partial charge in [0.05, 0.1) is 0 Å². The van der Waals surface area contributed by atoms with Crippen LogP contribution in [0.2, 0.25) is 0 Å². The molecule has 2 heteroatoms. The van der Waals surface area contributed by atoms with Crippen LogP contribution in [-0.2, 0) is 0 Å². The molecule has 0 saturated heterocycles. The van der Waals surface area contributed by atoms with E-state index in [4.69, 9.17) is 0 Å². The largest absolute Gasteiger partial charge is 0.365 e. The predicted octanol–water partition coefficient (Wildman–Crippen LogP) is 3.18. The normalized spacial score (nSPS) is 45.7. The van der Waals surface area contributed by atoms with Gasteiger partial charge in [0.25, 0.3) is 0 Å². The van der Waals surface area contributed by atoms with E-state index in [-0.39, 0.29) is 17.3 Å². The lowest BCUT2D eigenvalue weighted by atomic mass is 9.51. The molecule has 100 valence electrons. The van der Waals surface area contributed by atoms with Gasteiger partial charge >= 0.3 is 0 Å². The van der Waals surface area contributed by atoms with Gasteiger partial charge in [-0.3, -0.25) is 0 Å². The fourth-order valence-electron chi connectivity index (χ4n) is 4.80. The van der Waals surface area contributed by atoms with Crippen molar-refractivity contribution in [3.05, 3.63) is 0 Å². The summed E-state index contributed by atoms with van der Waals surface area (Å²) in [7, 11) is 0. The van der Waals surface area contributed by atoms with Crippen LogP contribution >= 0.6 is 0 Å². The standard InChI is InChI=1S/C15H28O2/c1-10(2)12-7-9-14(4)8-5-6-11(3)13(14)15(12,16)17/h10-13,16-17H,5-9H2,1-4H3/t11-,12+,13+,14-/m0/s1. The summed E-state index contributed by atoms with van der Waals surface area (Å²) in [6.07, 6.45) is 5.68. The van der Waals surface area contributed by atoms with Crippen molar-refractivity contribution in [3.8, 4) is 0 Å². The molecule has 4 atom stereocenters. The van der Waals surface area contributed by atoms with Crippen molar-refractivity contribution in [1.29, 1.82) is 0 Å². The van der Waals surface area contributed by atoms with E-state index in [1.165, 1.54) is 6.42 Å². The number of aliphatic hydroxyl groups is 2. The van der Waals surface area contributed by atoms with E-state index in [0.29, 0.717) is 11.8 Å². The first kappa shape index (κ1) is 13.4. The Bertz CT molecular complexity index is 285. The van der Waals surface area contributed by atoms with Gasteiger partial charge in [-0.1, -0.05) is 40.5 Å². The van der Waals surface area contributed by atoms with Crippen LogP contribution in [0.3, 0.4) is 0 Å². The Kier molecular flexibility index (Phi) is 3.33. The Hall–Kier alpha value is -0.0800. The number of hydrogen-bond donors (Lipinski definition) is 2. The first-order chi connectivity index (χ1) is 7.79. The van der Waals surface area contributed by atoms with Crippen molar-refractivity contribution in [2.45, 2.75) is 65.6 Å². The molecule has 0 aromatic heterocycles. The molecule has 0 unspecified atom stereocenters. The molecule has 0 spiro atoms. The third-order valence-corrected chi connectivity index (χ3v) is 5.56. The quantitative estimate of drug-likeness (QED) is 0.691. The fourth-order valence-corrected chi connectivity index (χ4v) is 4.80. The molecule has 2 N–H and O–H groups in total. The summed E-state index contributed by atoms with van der Waals surface area (Å²) < 4.78 is 0. The monoisotopic (exact) mass is 240 g/mol. The van der Waals surface area contributed by atoms with Crippen LogP contribution in [0, 0.1) is 29.1 Å². The molecule has 17 heavy (non-hydrogen) atoms. The maximum Gasteiger partial charge on any atom is 0.169 e. The Morgan fingerprint density at radius 3 is 2.35 bits per heavy atom. The van der Waals surface area contributed by atoms with Crippen molar-refractivity contribution in [2.75, 3.05) is 0 Å². The highest BCUT2D eigenvalue weighted by Crippen LogP contribution is 2.58. The SMILES string of the molecule is CC(C)[C@H]1CC[C@]2(C)CCC[C@H](C)[C@H]2C1(O)O. The molecular weight excluding hydrogens is 212 g/mol. The predicted molar refractivity (Wildman–Crippen MR) is 69.3 cm³/mol. The van der Waals surface area contributed by atoms with E-state index < -0.39 is 5.79 Å². The molecule has 2 saturated carbocycles. The summed E-state index contributed by atoms with van der Waals surface area (Å²) >= 11 is 0. The molecule has 2 rings (SSSR count). The summed E-state index contributed by atoms with van der Waals surface area (Å²) in [5.41, 5.74) is 0.145. The summed E-state index contributed by atoms with van der Waals surface area (Å²) in [5.74, 6) is -0.568. The molecule has 0 aromatic rings. The average Bonchev–Trinajstić information content (AvgIpc) is 2.14. The van der Waals surface area contributed by atoms with Crippen molar-refractivity contribution in [1.82, 2.24) is 0 Å². The molecule has 0 amide bonds. The minimum atomic E-state index is -1.46. The Labute approximate surface area is 105 Å². The topological polar surface area (TPSA) is 40.5 Å². The second-order valence-corrected chi connectivity index (χ2v) is 7.17. The lowest BCUT2D eigenvalue weighted by Crippen LogP contribution is -2.60. The van der Waals surface area contributed by atoms with Gasteiger partial charge in [-0.15, -0.1) is 0 Å². The van der Waals surface area contributed by atoms with Crippen LogP contribution in [0.25, 0.3) is 0 Å². The lowest BCUT2D eigenvalue weighted by molar-refractivity contribution is -0.304. The van der Waals surface area contributed by atoms with Gasteiger partial charge in [-0.25, -0.2) is 0 Å². The molecular formula is C15H28O2. The van der Waals surface area contributed by atoms with Crippen LogP contribution in [0.5, 0.6) is 0 Å². The van der Waals surface area contributed by atoms with Gasteiger partial charge in [-0.05, 0) is 36.5 Å². The fraction of sp³-hybridized carbons (Fsp3) is 1.00. The molecule has 2 aliphatic rings. The molecule has 0 heterocycles. The van der Waals surface area contributed by atoms with Gasteiger partial charge in [0.2, 0.25) is 0 Å². The van der Waals surface area contributed by atoms with Gasteiger partial charge in [0, 0.05) is 11.8 Å². The molecule has 0 radical (unpaired) electrons. The van der Waals surface area contributed by atoms with Crippen LogP contribution in [0.4, 0.5) is 0 Å². The lowest BCUT2D eigenvalue weighted by Gasteiger charge is -2.57. The van der Waals surface area contributed by atoms with Crippen LogP contribution in [-0.4, -0.2) is 16.0 Å². The molecule has 0 aliphatic heterocycles.